The number of aromatic nitrogens is 1. The van der Waals surface area contributed by atoms with Gasteiger partial charge in [-0.2, -0.15) is 0 Å². The van der Waals surface area contributed by atoms with E-state index in [1.807, 2.05) is 13.0 Å². The number of benzene rings is 1. The molecular weight excluding hydrogens is 688 g/mol. The first-order valence-electron chi connectivity index (χ1n) is 17.9. The average Bonchev–Trinajstić information content (AvgIpc) is 3.64. The molecule has 13 heteroatoms. The third-order valence-electron chi connectivity index (χ3n) is 9.57. The second kappa shape index (κ2) is 17.0. The number of fused-ring (bicyclic) bond motifs is 1. The smallest absolute Gasteiger partial charge is 0.408 e. The van der Waals surface area contributed by atoms with E-state index in [1.54, 1.807) is 52.0 Å². The van der Waals surface area contributed by atoms with Crippen molar-refractivity contribution in [3.8, 4) is 11.6 Å². The number of likely N-dealkylation sites (tertiary alicyclic amines) is 1. The van der Waals surface area contributed by atoms with Crippen molar-refractivity contribution >= 4 is 46.3 Å². The van der Waals surface area contributed by atoms with Crippen LogP contribution in [0.3, 0.4) is 0 Å². The molecule has 52 heavy (non-hydrogen) atoms. The molecule has 0 spiro atoms. The molecule has 2 aliphatic rings. The monoisotopic (exact) mass is 740 g/mol. The van der Waals surface area contributed by atoms with Gasteiger partial charge in [-0.25, -0.2) is 14.6 Å². The summed E-state index contributed by atoms with van der Waals surface area (Å²) in [6.07, 6.45) is 6.22. The minimum absolute atomic E-state index is 0.00474. The van der Waals surface area contributed by atoms with Crippen molar-refractivity contribution < 1.29 is 38.1 Å². The number of allylic oxidation sites excluding steroid dienone is 1. The second-order valence-electron chi connectivity index (χ2n) is 14.8. The van der Waals surface area contributed by atoms with Crippen molar-refractivity contribution in [1.82, 2.24) is 20.5 Å². The van der Waals surface area contributed by atoms with Gasteiger partial charge in [0.1, 0.15) is 35.1 Å². The van der Waals surface area contributed by atoms with E-state index >= 15 is 0 Å². The fourth-order valence-corrected chi connectivity index (χ4v) is 7.17. The highest BCUT2D eigenvalue weighted by Crippen LogP contribution is 2.46. The number of amides is 3. The number of nitrogens with zero attached hydrogens (tertiary/aromatic N) is 2. The third-order valence-corrected chi connectivity index (χ3v) is 9.88. The van der Waals surface area contributed by atoms with Crippen molar-refractivity contribution in [3.05, 3.63) is 54.7 Å². The molecule has 1 aliphatic carbocycles. The number of halogens is 1. The maximum Gasteiger partial charge on any atom is 0.408 e. The molecule has 1 aliphatic heterocycles. The maximum absolute atomic E-state index is 14.7. The van der Waals surface area contributed by atoms with Crippen LogP contribution in [-0.4, -0.2) is 83.3 Å². The first-order valence-corrected chi connectivity index (χ1v) is 18.3. The first kappa shape index (κ1) is 40.5. The summed E-state index contributed by atoms with van der Waals surface area (Å²) in [4.78, 5) is 61.1. The summed E-state index contributed by atoms with van der Waals surface area (Å²) >= 11 is 6.54. The number of esters is 1. The Morgan fingerprint density at radius 2 is 1.92 bits per heavy atom. The Balaban J connectivity index is 1.70. The van der Waals surface area contributed by atoms with Crippen LogP contribution in [0, 0.1) is 17.8 Å². The SMILES string of the molecule is C=CCCC(C)C[C@@H](C)C(NC(=O)OC(C)(C)C)C(=O)N1C[C@H](Oc2ncc(OC)c3c(Cl)cccc23)C[C@H]1C(=O)N[C@]1(C(=O)OCC)C[C@H]1C=C. The van der Waals surface area contributed by atoms with Crippen molar-refractivity contribution in [2.75, 3.05) is 20.3 Å². The number of rotatable bonds is 16. The number of ether oxygens (including phenoxy) is 4. The summed E-state index contributed by atoms with van der Waals surface area (Å²) in [5.74, 6) is -1.31. The van der Waals surface area contributed by atoms with Crippen molar-refractivity contribution in [2.24, 2.45) is 17.8 Å². The minimum Gasteiger partial charge on any atom is -0.494 e. The van der Waals surface area contributed by atoms with Gasteiger partial charge >= 0.3 is 12.1 Å². The quantitative estimate of drug-likeness (QED) is 0.148. The Labute approximate surface area is 311 Å². The lowest BCUT2D eigenvalue weighted by molar-refractivity contribution is -0.150. The van der Waals surface area contributed by atoms with Crippen LogP contribution in [0.5, 0.6) is 11.6 Å². The fraction of sp³-hybridized carbons (Fsp3) is 0.564. The summed E-state index contributed by atoms with van der Waals surface area (Å²) in [5.41, 5.74) is -2.09. The standard InChI is InChI=1S/C39H53ClN4O8/c1-10-13-15-23(4)18-24(5)32(42-37(48)52-38(6,7)8)35(46)44-22-26(51-34-27-16-14-17-28(40)31(27)30(49-9)21-41-34)19-29(44)33(45)43-39(20-25(39)11-2)36(47)50-12-3/h10-11,14,16-17,21,23-26,29,32H,1-2,12-13,15,18-20,22H2,3-9H3,(H,42,48)(H,43,45)/t23?,24-,25-,26-,29+,32?,39-/m1/s1. The Kier molecular flexibility index (Phi) is 13.2. The van der Waals surface area contributed by atoms with Crippen LogP contribution < -0.4 is 20.1 Å². The van der Waals surface area contributed by atoms with Crippen molar-refractivity contribution in [1.29, 1.82) is 0 Å². The minimum atomic E-state index is -1.28. The molecule has 2 N–H and O–H groups in total. The van der Waals surface area contributed by atoms with E-state index in [0.29, 0.717) is 34.4 Å². The van der Waals surface area contributed by atoms with Gasteiger partial charge in [0.2, 0.25) is 17.7 Å². The van der Waals surface area contributed by atoms with Gasteiger partial charge in [-0.3, -0.25) is 9.59 Å². The Morgan fingerprint density at radius 3 is 2.54 bits per heavy atom. The van der Waals surface area contributed by atoms with E-state index in [1.165, 1.54) is 18.2 Å². The average molecular weight is 741 g/mol. The number of methoxy groups -OCH3 is 1. The highest BCUT2D eigenvalue weighted by Gasteiger charge is 2.62. The number of nitrogens with one attached hydrogen (secondary N) is 2. The predicted octanol–water partition coefficient (Wildman–Crippen LogP) is 6.39. The summed E-state index contributed by atoms with van der Waals surface area (Å²) in [5, 5.41) is 7.37. The van der Waals surface area contributed by atoms with Crippen LogP contribution in [0.15, 0.2) is 49.7 Å². The van der Waals surface area contributed by atoms with Crippen LogP contribution in [0.25, 0.3) is 10.8 Å². The van der Waals surface area contributed by atoms with Gasteiger partial charge < -0.3 is 34.5 Å². The molecule has 1 aromatic carbocycles. The Morgan fingerprint density at radius 1 is 1.19 bits per heavy atom. The van der Waals surface area contributed by atoms with E-state index in [4.69, 9.17) is 30.5 Å². The molecule has 7 atom stereocenters. The van der Waals surface area contributed by atoms with Crippen molar-refractivity contribution in [3.63, 3.8) is 0 Å². The van der Waals surface area contributed by atoms with Gasteiger partial charge in [0.05, 0.1) is 31.5 Å². The zero-order chi connectivity index (χ0) is 38.4. The van der Waals surface area contributed by atoms with Crippen LogP contribution in [-0.2, 0) is 23.9 Å². The molecule has 2 unspecified atom stereocenters. The molecule has 2 aromatic rings. The molecule has 284 valence electrons. The molecule has 1 aromatic heterocycles. The summed E-state index contributed by atoms with van der Waals surface area (Å²) in [7, 11) is 1.52. The van der Waals surface area contributed by atoms with Crippen LogP contribution in [0.2, 0.25) is 5.02 Å². The molecular formula is C39H53ClN4O8. The number of hydrogen-bond acceptors (Lipinski definition) is 9. The van der Waals surface area contributed by atoms with E-state index in [0.717, 1.165) is 12.8 Å². The highest BCUT2D eigenvalue weighted by atomic mass is 35.5. The van der Waals surface area contributed by atoms with E-state index in [-0.39, 0.29) is 43.2 Å². The number of carbonyl (C=O) groups excluding carboxylic acids is 4. The second-order valence-corrected chi connectivity index (χ2v) is 15.2. The lowest BCUT2D eigenvalue weighted by Gasteiger charge is -2.33. The molecule has 12 nitrogen and oxygen atoms in total. The third kappa shape index (κ3) is 9.36. The number of hydrogen-bond donors (Lipinski definition) is 2. The van der Waals surface area contributed by atoms with Crippen molar-refractivity contribution in [2.45, 2.75) is 103 Å². The largest absolute Gasteiger partial charge is 0.494 e. The van der Waals surface area contributed by atoms with Gasteiger partial charge in [0.15, 0.2) is 0 Å². The molecule has 1 saturated heterocycles. The Bertz CT molecular complexity index is 1660. The predicted molar refractivity (Wildman–Crippen MR) is 199 cm³/mol. The summed E-state index contributed by atoms with van der Waals surface area (Å²) in [6, 6.07) is 3.21. The lowest BCUT2D eigenvalue weighted by Crippen LogP contribution is -2.58. The summed E-state index contributed by atoms with van der Waals surface area (Å²) < 4.78 is 22.8. The maximum atomic E-state index is 14.7. The van der Waals surface area contributed by atoms with Crippen LogP contribution in [0.1, 0.15) is 73.6 Å². The molecule has 2 heterocycles. The van der Waals surface area contributed by atoms with Gasteiger partial charge in [-0.1, -0.05) is 43.7 Å². The molecule has 1 saturated carbocycles. The van der Waals surface area contributed by atoms with E-state index < -0.39 is 53.2 Å². The van der Waals surface area contributed by atoms with Crippen LogP contribution >= 0.6 is 11.6 Å². The number of alkyl carbamates (subject to hydrolysis) is 1. The topological polar surface area (TPSA) is 145 Å². The summed E-state index contributed by atoms with van der Waals surface area (Å²) in [6.45, 7) is 18.7. The zero-order valence-corrected chi connectivity index (χ0v) is 32.1. The molecule has 3 amide bonds. The fourth-order valence-electron chi connectivity index (χ4n) is 6.90. The van der Waals surface area contributed by atoms with Gasteiger partial charge in [0, 0.05) is 23.1 Å². The first-order chi connectivity index (χ1) is 24.6. The van der Waals surface area contributed by atoms with E-state index in [9.17, 15) is 19.2 Å². The zero-order valence-electron chi connectivity index (χ0n) is 31.3. The molecule has 4 rings (SSSR count). The molecule has 0 radical (unpaired) electrons. The number of carbonyl (C=O) groups is 4. The van der Waals surface area contributed by atoms with E-state index in [2.05, 4.69) is 35.7 Å². The number of pyridine rings is 1. The van der Waals surface area contributed by atoms with Gasteiger partial charge in [-0.05, 0) is 77.3 Å². The Hall–Kier alpha value is -4.32. The van der Waals surface area contributed by atoms with Gasteiger partial charge in [0.25, 0.3) is 0 Å². The molecule has 0 bridgehead atoms. The van der Waals surface area contributed by atoms with Gasteiger partial charge in [-0.15, -0.1) is 13.2 Å². The lowest BCUT2D eigenvalue weighted by atomic mass is 9.88. The normalized spacial score (nSPS) is 22.8. The van der Waals surface area contributed by atoms with Crippen LogP contribution in [0.4, 0.5) is 4.79 Å². The highest BCUT2D eigenvalue weighted by molar-refractivity contribution is 6.36. The molecule has 2 fully saturated rings.